The second kappa shape index (κ2) is 18.5. The summed E-state index contributed by atoms with van der Waals surface area (Å²) in [6.45, 7) is 17.2. The summed E-state index contributed by atoms with van der Waals surface area (Å²) in [6, 6.07) is 27.4. The number of unbranched alkanes of at least 4 members (excludes halogenated alkanes) is 1. The number of hydrogen-bond donors (Lipinski definition) is 0. The van der Waals surface area contributed by atoms with Gasteiger partial charge in [0.05, 0.1) is 0 Å². The van der Waals surface area contributed by atoms with Crippen molar-refractivity contribution in [1.82, 2.24) is 0 Å². The first-order valence-corrected chi connectivity index (χ1v) is 21.6. The third-order valence-electron chi connectivity index (χ3n) is 12.2. The van der Waals surface area contributed by atoms with Gasteiger partial charge < -0.3 is 4.74 Å². The van der Waals surface area contributed by atoms with Gasteiger partial charge in [-0.1, -0.05) is 110 Å². The molecule has 2 aliphatic carbocycles. The van der Waals surface area contributed by atoms with E-state index in [4.69, 9.17) is 4.74 Å². The van der Waals surface area contributed by atoms with Gasteiger partial charge in [0.25, 0.3) is 0 Å². The lowest BCUT2D eigenvalue weighted by atomic mass is 9.82. The Morgan fingerprint density at radius 3 is 2.22 bits per heavy atom. The van der Waals surface area contributed by atoms with Crippen LogP contribution in [0.25, 0.3) is 11.6 Å². The van der Waals surface area contributed by atoms with Crippen molar-refractivity contribution in [3.8, 4) is 5.75 Å². The molecule has 0 aromatic heterocycles. The van der Waals surface area contributed by atoms with Gasteiger partial charge >= 0.3 is 0 Å². The van der Waals surface area contributed by atoms with E-state index in [9.17, 15) is 14.4 Å². The fraction of sp³-hybridized carbons (Fsp3) is 0.327. The van der Waals surface area contributed by atoms with E-state index in [1.54, 1.807) is 6.08 Å². The standard InChI is InChI=1S/C55H58O4/c1-35(11-12-37(3)29-51(57)44-20-16-41(17-21-44)14-15-42-18-22-45-28-39(5)30-52(58)50(45)33-42)9-7-8-10-36(2)27-43-19-25-47(40(6)32-43)55-48-24-13-38(4)31-53(48)59-54-34-46(56)23-26-49(54)55/h13,16-22,24-25,28,31-34,37H,1-2,7-12,14-15,23,26-27,29-30H2,3-6H3. The molecular formula is C55H58O4. The van der Waals surface area contributed by atoms with Crippen molar-refractivity contribution in [2.45, 2.75) is 111 Å². The molecule has 0 bridgehead atoms. The Bertz CT molecular complexity index is 2410. The summed E-state index contributed by atoms with van der Waals surface area (Å²) in [5.41, 5.74) is 16.8. The van der Waals surface area contributed by atoms with E-state index in [-0.39, 0.29) is 17.3 Å². The van der Waals surface area contributed by atoms with Crippen LogP contribution in [0.4, 0.5) is 0 Å². The minimum atomic E-state index is 0.120. The van der Waals surface area contributed by atoms with E-state index < -0.39 is 0 Å². The molecule has 0 radical (unpaired) electrons. The number of hydrogen-bond acceptors (Lipinski definition) is 4. The first kappa shape index (κ1) is 41.5. The third kappa shape index (κ3) is 10.3. The number of Topliss-reactive ketones (excluding diaryl/α,β-unsaturated/α-hetero) is 2. The van der Waals surface area contributed by atoms with Gasteiger partial charge in [0.2, 0.25) is 0 Å². The Balaban J connectivity index is 0.814. The maximum absolute atomic E-state index is 13.1. The normalized spacial score (nSPS) is 15.1. The highest BCUT2D eigenvalue weighted by Crippen LogP contribution is 2.45. The van der Waals surface area contributed by atoms with Crippen LogP contribution in [0, 0.1) is 19.8 Å². The zero-order valence-electron chi connectivity index (χ0n) is 35.5. The van der Waals surface area contributed by atoms with E-state index in [1.165, 1.54) is 44.5 Å². The summed E-state index contributed by atoms with van der Waals surface area (Å²) in [6.07, 6.45) is 14.7. The predicted molar refractivity (Wildman–Crippen MR) is 242 cm³/mol. The second-order valence-corrected chi connectivity index (χ2v) is 17.4. The van der Waals surface area contributed by atoms with Crippen molar-refractivity contribution in [1.29, 1.82) is 0 Å². The van der Waals surface area contributed by atoms with E-state index in [0.717, 1.165) is 103 Å². The Kier molecular flexibility index (Phi) is 13.1. The highest BCUT2D eigenvalue weighted by molar-refractivity contribution is 6.04. The lowest BCUT2D eigenvalue weighted by molar-refractivity contribution is -0.114. The minimum Gasteiger partial charge on any atom is -0.456 e. The molecule has 4 aromatic rings. The van der Waals surface area contributed by atoms with Gasteiger partial charge in [0.1, 0.15) is 11.5 Å². The van der Waals surface area contributed by atoms with E-state index in [1.807, 2.05) is 19.1 Å². The number of allylic oxidation sites excluding steroid dienone is 5. The fourth-order valence-electron chi connectivity index (χ4n) is 8.82. The van der Waals surface area contributed by atoms with Gasteiger partial charge in [-0.2, -0.15) is 0 Å². The molecule has 0 amide bonds. The molecule has 0 saturated heterocycles. The number of ketones is 3. The zero-order valence-corrected chi connectivity index (χ0v) is 35.5. The van der Waals surface area contributed by atoms with E-state index >= 15 is 0 Å². The molecular weight excluding hydrogens is 725 g/mol. The van der Waals surface area contributed by atoms with Crippen molar-refractivity contribution in [2.24, 2.45) is 5.92 Å². The molecule has 1 aliphatic heterocycles. The Labute approximate surface area is 351 Å². The molecule has 302 valence electrons. The molecule has 7 rings (SSSR count). The van der Waals surface area contributed by atoms with E-state index in [2.05, 4.69) is 107 Å². The number of carbonyl (C=O) groups is 3. The van der Waals surface area contributed by atoms with Gasteiger partial charge in [-0.3, -0.25) is 14.4 Å². The number of carbonyl (C=O) groups excluding carboxylic acids is 3. The molecule has 1 atom stereocenters. The minimum absolute atomic E-state index is 0.120. The predicted octanol–water partition coefficient (Wildman–Crippen LogP) is 13.4. The highest BCUT2D eigenvalue weighted by Gasteiger charge is 2.30. The third-order valence-corrected chi connectivity index (χ3v) is 12.2. The van der Waals surface area contributed by atoms with Crippen molar-refractivity contribution in [3.63, 3.8) is 0 Å². The van der Waals surface area contributed by atoms with Crippen molar-refractivity contribution < 1.29 is 19.1 Å². The molecule has 1 unspecified atom stereocenters. The monoisotopic (exact) mass is 782 g/mol. The fourth-order valence-corrected chi connectivity index (χ4v) is 8.82. The summed E-state index contributed by atoms with van der Waals surface area (Å²) in [5.74, 6) is 2.33. The SMILES string of the molecule is C=C(CCCCC(=C)Cc1ccc(C2=C3CCC(=O)C=C3Oc3cc(C)ccc32)c(C)c1)CCC(C)CC(=O)c1ccc(CCc2ccc3c(c2)C(=O)CC(C)=C3)cc1. The Morgan fingerprint density at radius 2 is 1.44 bits per heavy atom. The van der Waals surface area contributed by atoms with Crippen LogP contribution in [0.3, 0.4) is 0 Å². The average Bonchev–Trinajstić information content (AvgIpc) is 3.20. The Morgan fingerprint density at radius 1 is 0.729 bits per heavy atom. The van der Waals surface area contributed by atoms with Gasteiger partial charge in [-0.15, -0.1) is 0 Å². The van der Waals surface area contributed by atoms with Crippen LogP contribution < -0.4 is 4.74 Å². The molecule has 4 heteroatoms. The second-order valence-electron chi connectivity index (χ2n) is 17.4. The van der Waals surface area contributed by atoms with Crippen molar-refractivity contribution in [2.75, 3.05) is 0 Å². The zero-order chi connectivity index (χ0) is 41.6. The van der Waals surface area contributed by atoms with Crippen LogP contribution in [0.15, 0.2) is 126 Å². The van der Waals surface area contributed by atoms with Gasteiger partial charge in [-0.05, 0) is 148 Å². The van der Waals surface area contributed by atoms with Gasteiger partial charge in [0.15, 0.2) is 17.3 Å². The quantitative estimate of drug-likeness (QED) is 0.0608. The molecule has 4 aromatic carbocycles. The number of aryl methyl sites for hydroxylation is 4. The molecule has 0 fully saturated rings. The van der Waals surface area contributed by atoms with Crippen LogP contribution in [0.1, 0.15) is 143 Å². The first-order chi connectivity index (χ1) is 28.4. The van der Waals surface area contributed by atoms with Gasteiger partial charge in [-0.25, -0.2) is 0 Å². The lowest BCUT2D eigenvalue weighted by Crippen LogP contribution is -2.17. The van der Waals surface area contributed by atoms with Gasteiger partial charge in [0, 0.05) is 47.6 Å². The van der Waals surface area contributed by atoms with Crippen LogP contribution in [0.2, 0.25) is 0 Å². The topological polar surface area (TPSA) is 60.4 Å². The maximum atomic E-state index is 13.1. The van der Waals surface area contributed by atoms with Crippen LogP contribution >= 0.6 is 0 Å². The summed E-state index contributed by atoms with van der Waals surface area (Å²) in [5, 5.41) is 0. The molecule has 59 heavy (non-hydrogen) atoms. The number of benzene rings is 4. The van der Waals surface area contributed by atoms with Crippen LogP contribution in [0.5, 0.6) is 5.75 Å². The molecule has 0 spiro atoms. The van der Waals surface area contributed by atoms with Crippen LogP contribution in [-0.2, 0) is 24.1 Å². The summed E-state index contributed by atoms with van der Waals surface area (Å²) in [4.78, 5) is 37.9. The number of fused-ring (bicyclic) bond motifs is 3. The molecule has 4 nitrogen and oxygen atoms in total. The lowest BCUT2D eigenvalue weighted by Gasteiger charge is -2.29. The largest absolute Gasteiger partial charge is 0.456 e. The summed E-state index contributed by atoms with van der Waals surface area (Å²) >= 11 is 0. The van der Waals surface area contributed by atoms with Crippen molar-refractivity contribution >= 4 is 29.0 Å². The summed E-state index contributed by atoms with van der Waals surface area (Å²) < 4.78 is 6.25. The van der Waals surface area contributed by atoms with Crippen molar-refractivity contribution in [3.05, 3.63) is 182 Å². The highest BCUT2D eigenvalue weighted by atomic mass is 16.5. The number of ether oxygens (including phenoxy) is 1. The maximum Gasteiger partial charge on any atom is 0.167 e. The molecule has 0 saturated carbocycles. The van der Waals surface area contributed by atoms with E-state index in [0.29, 0.717) is 37.4 Å². The Hall–Kier alpha value is -5.61. The summed E-state index contributed by atoms with van der Waals surface area (Å²) in [7, 11) is 0. The van der Waals surface area contributed by atoms with Crippen LogP contribution in [-0.4, -0.2) is 17.3 Å². The molecule has 3 aliphatic rings. The molecule has 1 heterocycles. The molecule has 0 N–H and O–H groups in total. The smallest absolute Gasteiger partial charge is 0.167 e. The average molecular weight is 783 g/mol. The first-order valence-electron chi connectivity index (χ1n) is 21.6. The number of rotatable bonds is 17.